The molecule has 1 aliphatic rings. The molecule has 0 saturated carbocycles. The van der Waals surface area contributed by atoms with E-state index in [4.69, 9.17) is 4.74 Å². The van der Waals surface area contributed by atoms with Crippen LogP contribution in [0.4, 0.5) is 4.39 Å². The second-order valence-corrected chi connectivity index (χ2v) is 6.05. The van der Waals surface area contributed by atoms with E-state index in [0.29, 0.717) is 17.2 Å². The van der Waals surface area contributed by atoms with Crippen LogP contribution in [0.2, 0.25) is 0 Å². The van der Waals surface area contributed by atoms with Gasteiger partial charge in [-0.05, 0) is 37.8 Å². The monoisotopic (exact) mass is 308 g/mol. The van der Waals surface area contributed by atoms with Crippen LogP contribution in [0.25, 0.3) is 0 Å². The molecule has 1 aliphatic heterocycles. The number of nitrogens with one attached hydrogen (secondary N) is 1. The molecule has 5 heteroatoms. The predicted molar refractivity (Wildman–Crippen MR) is 84.3 cm³/mol. The number of rotatable bonds is 5. The molecular formula is C17H25FN2O2. The van der Waals surface area contributed by atoms with Crippen LogP contribution in [0.5, 0.6) is 5.75 Å². The number of nitrogens with zero attached hydrogens (tertiary/aromatic N) is 1. The fourth-order valence-electron chi connectivity index (χ4n) is 2.99. The highest BCUT2D eigenvalue weighted by molar-refractivity contribution is 5.78. The van der Waals surface area contributed by atoms with E-state index in [1.54, 1.807) is 12.1 Å². The van der Waals surface area contributed by atoms with Crippen LogP contribution in [0.15, 0.2) is 18.2 Å². The lowest BCUT2D eigenvalue weighted by molar-refractivity contribution is -0.132. The molecule has 0 aromatic heterocycles. The van der Waals surface area contributed by atoms with Gasteiger partial charge in [0, 0.05) is 24.7 Å². The van der Waals surface area contributed by atoms with Crippen LogP contribution >= 0.6 is 0 Å². The molecule has 1 amide bonds. The van der Waals surface area contributed by atoms with Crippen molar-refractivity contribution in [3.05, 3.63) is 29.6 Å². The highest BCUT2D eigenvalue weighted by atomic mass is 19.1. The Kier molecular flexibility index (Phi) is 5.77. The van der Waals surface area contributed by atoms with Crippen molar-refractivity contribution < 1.29 is 13.9 Å². The van der Waals surface area contributed by atoms with Crippen LogP contribution in [0, 0.1) is 11.7 Å². The van der Waals surface area contributed by atoms with Crippen molar-refractivity contribution in [2.75, 3.05) is 26.7 Å². The Morgan fingerprint density at radius 1 is 1.55 bits per heavy atom. The molecule has 0 bridgehead atoms. The predicted octanol–water partition coefficient (Wildman–Crippen LogP) is 2.74. The molecule has 1 saturated heterocycles. The molecule has 1 aromatic carbocycles. The van der Waals surface area contributed by atoms with Gasteiger partial charge in [0.15, 0.2) is 0 Å². The Morgan fingerprint density at radius 3 is 3.00 bits per heavy atom. The minimum Gasteiger partial charge on any atom is -0.496 e. The first-order valence-corrected chi connectivity index (χ1v) is 7.86. The van der Waals surface area contributed by atoms with Gasteiger partial charge < -0.3 is 15.0 Å². The summed E-state index contributed by atoms with van der Waals surface area (Å²) in [5.74, 6) is 0.813. The minimum absolute atomic E-state index is 0.0775. The third kappa shape index (κ3) is 3.97. The average Bonchev–Trinajstić information content (AvgIpc) is 2.51. The fourth-order valence-corrected chi connectivity index (χ4v) is 2.99. The summed E-state index contributed by atoms with van der Waals surface area (Å²) in [6, 6.07) is 4.46. The molecular weight excluding hydrogens is 283 g/mol. The lowest BCUT2D eigenvalue weighted by atomic mass is 10.0. The van der Waals surface area contributed by atoms with Crippen molar-refractivity contribution in [3.8, 4) is 5.75 Å². The summed E-state index contributed by atoms with van der Waals surface area (Å²) >= 11 is 0. The molecule has 2 rings (SSSR count). The zero-order valence-corrected chi connectivity index (χ0v) is 13.6. The zero-order chi connectivity index (χ0) is 16.1. The molecule has 122 valence electrons. The molecule has 1 aromatic rings. The highest BCUT2D eigenvalue weighted by Gasteiger charge is 2.22. The molecule has 22 heavy (non-hydrogen) atoms. The molecule has 4 nitrogen and oxygen atoms in total. The number of hydrogen-bond donors (Lipinski definition) is 1. The summed E-state index contributed by atoms with van der Waals surface area (Å²) in [5.41, 5.74) is 0.463. The molecule has 1 fully saturated rings. The van der Waals surface area contributed by atoms with Crippen LogP contribution in [-0.4, -0.2) is 37.6 Å². The lowest BCUT2D eigenvalue weighted by Gasteiger charge is -2.31. The van der Waals surface area contributed by atoms with E-state index in [1.165, 1.54) is 19.6 Å². The lowest BCUT2D eigenvalue weighted by Crippen LogP contribution is -2.43. The molecule has 1 N–H and O–H groups in total. The number of methoxy groups -OCH3 is 1. The summed E-state index contributed by atoms with van der Waals surface area (Å²) in [5, 5.41) is 3.12. The van der Waals surface area contributed by atoms with Crippen molar-refractivity contribution >= 4 is 5.91 Å². The second-order valence-electron chi connectivity index (χ2n) is 6.05. The third-order valence-electron chi connectivity index (χ3n) is 4.24. The van der Waals surface area contributed by atoms with Gasteiger partial charge in [-0.1, -0.05) is 13.0 Å². The van der Waals surface area contributed by atoms with E-state index in [1.807, 2.05) is 11.8 Å². The summed E-state index contributed by atoms with van der Waals surface area (Å²) in [6.07, 6.45) is 2.24. The van der Waals surface area contributed by atoms with Gasteiger partial charge in [0.2, 0.25) is 5.91 Å². The Labute approximate surface area is 131 Å². The van der Waals surface area contributed by atoms with E-state index in [-0.39, 0.29) is 24.3 Å². The van der Waals surface area contributed by atoms with Gasteiger partial charge in [0.05, 0.1) is 13.7 Å². The van der Waals surface area contributed by atoms with Gasteiger partial charge in [-0.3, -0.25) is 4.79 Å². The smallest absolute Gasteiger partial charge is 0.236 e. The quantitative estimate of drug-likeness (QED) is 0.909. The Balaban J connectivity index is 1.95. The molecule has 0 radical (unpaired) electrons. The third-order valence-corrected chi connectivity index (χ3v) is 4.24. The van der Waals surface area contributed by atoms with E-state index >= 15 is 0 Å². The van der Waals surface area contributed by atoms with Gasteiger partial charge >= 0.3 is 0 Å². The van der Waals surface area contributed by atoms with E-state index in [2.05, 4.69) is 12.2 Å². The van der Waals surface area contributed by atoms with Gasteiger partial charge in [0.1, 0.15) is 11.6 Å². The summed E-state index contributed by atoms with van der Waals surface area (Å²) in [6.45, 7) is 5.86. The van der Waals surface area contributed by atoms with Gasteiger partial charge in [0.25, 0.3) is 0 Å². The number of benzene rings is 1. The maximum absolute atomic E-state index is 14.0. The summed E-state index contributed by atoms with van der Waals surface area (Å²) in [7, 11) is 1.52. The first-order valence-electron chi connectivity index (χ1n) is 7.86. The number of piperidine rings is 1. The molecule has 0 spiro atoms. The number of carbonyl (C=O) groups is 1. The topological polar surface area (TPSA) is 41.6 Å². The SMILES string of the molecule is COc1cccc(F)c1[C@H](C)NCC(=O)N1CCC[C@H](C)C1. The maximum Gasteiger partial charge on any atom is 0.236 e. The van der Waals surface area contributed by atoms with Gasteiger partial charge in [-0.2, -0.15) is 0 Å². The first kappa shape index (κ1) is 16.7. The first-order chi connectivity index (χ1) is 10.5. The number of amides is 1. The van der Waals surface area contributed by atoms with Crippen molar-refractivity contribution in [1.29, 1.82) is 0 Å². The summed E-state index contributed by atoms with van der Waals surface area (Å²) in [4.78, 5) is 14.2. The van der Waals surface area contributed by atoms with Crippen LogP contribution < -0.4 is 10.1 Å². The molecule has 0 unspecified atom stereocenters. The highest BCUT2D eigenvalue weighted by Crippen LogP contribution is 2.27. The van der Waals surface area contributed by atoms with Crippen molar-refractivity contribution in [1.82, 2.24) is 10.2 Å². The number of likely N-dealkylation sites (tertiary alicyclic amines) is 1. The fraction of sp³-hybridized carbons (Fsp3) is 0.588. The molecule has 1 heterocycles. The average molecular weight is 308 g/mol. The number of hydrogen-bond acceptors (Lipinski definition) is 3. The second kappa shape index (κ2) is 7.58. The normalized spacial score (nSPS) is 19.8. The van der Waals surface area contributed by atoms with E-state index in [9.17, 15) is 9.18 Å². The number of ether oxygens (including phenoxy) is 1. The van der Waals surface area contributed by atoms with Crippen LogP contribution in [0.3, 0.4) is 0 Å². The Bertz CT molecular complexity index is 521. The van der Waals surface area contributed by atoms with Crippen LogP contribution in [0.1, 0.15) is 38.3 Å². The van der Waals surface area contributed by atoms with E-state index < -0.39 is 0 Å². The van der Waals surface area contributed by atoms with Crippen molar-refractivity contribution in [2.24, 2.45) is 5.92 Å². The Hall–Kier alpha value is -1.62. The number of halogens is 1. The molecule has 2 atom stereocenters. The Morgan fingerprint density at radius 2 is 2.32 bits per heavy atom. The van der Waals surface area contributed by atoms with Gasteiger partial charge in [-0.25, -0.2) is 4.39 Å². The largest absolute Gasteiger partial charge is 0.496 e. The number of carbonyl (C=O) groups excluding carboxylic acids is 1. The van der Waals surface area contributed by atoms with Crippen molar-refractivity contribution in [2.45, 2.75) is 32.7 Å². The van der Waals surface area contributed by atoms with Gasteiger partial charge in [-0.15, -0.1) is 0 Å². The molecule has 0 aliphatic carbocycles. The van der Waals surface area contributed by atoms with E-state index in [0.717, 1.165) is 19.5 Å². The standard InChI is InChI=1S/C17H25FN2O2/c1-12-6-5-9-20(11-12)16(21)10-19-13(2)17-14(18)7-4-8-15(17)22-3/h4,7-8,12-13,19H,5-6,9-11H2,1-3H3/t12-,13-/m0/s1. The maximum atomic E-state index is 14.0. The van der Waals surface area contributed by atoms with Crippen molar-refractivity contribution in [3.63, 3.8) is 0 Å². The summed E-state index contributed by atoms with van der Waals surface area (Å²) < 4.78 is 19.2. The minimum atomic E-state index is -0.321. The van der Waals surface area contributed by atoms with Crippen LogP contribution in [-0.2, 0) is 4.79 Å². The zero-order valence-electron chi connectivity index (χ0n) is 13.6.